The number of nitrogens with two attached hydrogens (primary N) is 1. The van der Waals surface area contributed by atoms with Gasteiger partial charge >= 0.3 is 10.2 Å². The molecule has 2 rings (SSSR count). The summed E-state index contributed by atoms with van der Waals surface area (Å²) in [6.45, 7) is 1.50. The van der Waals surface area contributed by atoms with Crippen molar-refractivity contribution in [1.82, 2.24) is 4.31 Å². The molecule has 0 radical (unpaired) electrons. The van der Waals surface area contributed by atoms with E-state index in [1.165, 1.54) is 4.31 Å². The van der Waals surface area contributed by atoms with Crippen molar-refractivity contribution in [3.8, 4) is 0 Å². The van der Waals surface area contributed by atoms with Crippen molar-refractivity contribution in [2.75, 3.05) is 24.4 Å². The highest BCUT2D eigenvalue weighted by Crippen LogP contribution is 2.24. The summed E-state index contributed by atoms with van der Waals surface area (Å²) in [5.41, 5.74) is 6.02. The molecule has 1 aromatic carbocycles. The maximum atomic E-state index is 12.3. The highest BCUT2D eigenvalue weighted by atomic mass is 35.5. The summed E-state index contributed by atoms with van der Waals surface area (Å²) in [5, 5.41) is 0.387. The Labute approximate surface area is 118 Å². The molecule has 0 aliphatic carbocycles. The van der Waals surface area contributed by atoms with Crippen LogP contribution in [-0.4, -0.2) is 32.4 Å². The Bertz CT molecular complexity index is 536. The van der Waals surface area contributed by atoms with E-state index in [2.05, 4.69) is 4.72 Å². The molecule has 1 aliphatic rings. The molecular formula is C12H18ClN3O2S. The average molecular weight is 304 g/mol. The number of piperidine rings is 1. The normalized spacial score (nSPS) is 21.3. The molecule has 19 heavy (non-hydrogen) atoms. The molecule has 1 aromatic rings. The van der Waals surface area contributed by atoms with E-state index in [4.69, 9.17) is 17.3 Å². The summed E-state index contributed by atoms with van der Waals surface area (Å²) >= 11 is 5.96. The summed E-state index contributed by atoms with van der Waals surface area (Å²) < 4.78 is 28.5. The lowest BCUT2D eigenvalue weighted by atomic mass is 10.0. The third-order valence-electron chi connectivity index (χ3n) is 3.27. The molecule has 1 fully saturated rings. The number of halogens is 1. The van der Waals surface area contributed by atoms with Gasteiger partial charge in [-0.05, 0) is 37.4 Å². The van der Waals surface area contributed by atoms with Gasteiger partial charge in [0.15, 0.2) is 0 Å². The van der Waals surface area contributed by atoms with Crippen LogP contribution in [0, 0.1) is 5.92 Å². The second-order valence-corrected chi connectivity index (χ2v) is 6.77. The number of hydrogen-bond acceptors (Lipinski definition) is 3. The number of rotatable bonds is 4. The molecule has 1 saturated heterocycles. The van der Waals surface area contributed by atoms with E-state index in [1.807, 2.05) is 0 Å². The van der Waals surface area contributed by atoms with E-state index in [1.54, 1.807) is 24.3 Å². The first-order valence-electron chi connectivity index (χ1n) is 6.25. The zero-order valence-corrected chi connectivity index (χ0v) is 12.1. The monoisotopic (exact) mass is 303 g/mol. The Hall–Kier alpha value is -0.820. The zero-order chi connectivity index (χ0) is 13.9. The van der Waals surface area contributed by atoms with Crippen molar-refractivity contribution in [3.05, 3.63) is 29.3 Å². The lowest BCUT2D eigenvalue weighted by Gasteiger charge is -2.31. The van der Waals surface area contributed by atoms with Gasteiger partial charge in [-0.25, -0.2) is 0 Å². The third kappa shape index (κ3) is 3.60. The summed E-state index contributed by atoms with van der Waals surface area (Å²) in [6, 6.07) is 6.79. The highest BCUT2D eigenvalue weighted by Gasteiger charge is 2.28. The molecule has 1 heterocycles. The summed E-state index contributed by atoms with van der Waals surface area (Å²) in [4.78, 5) is 0. The quantitative estimate of drug-likeness (QED) is 0.888. The molecule has 0 saturated carbocycles. The second-order valence-electron chi connectivity index (χ2n) is 4.69. The minimum Gasteiger partial charge on any atom is -0.330 e. The Balaban J connectivity index is 2.12. The number of nitrogens with zero attached hydrogens (tertiary/aromatic N) is 1. The lowest BCUT2D eigenvalue weighted by molar-refractivity contribution is 0.273. The smallest absolute Gasteiger partial charge is 0.301 e. The SMILES string of the molecule is NCC1CCCN(S(=O)(=O)Nc2ccccc2Cl)C1. The van der Waals surface area contributed by atoms with Gasteiger partial charge in [0, 0.05) is 13.1 Å². The van der Waals surface area contributed by atoms with Crippen LogP contribution in [0.4, 0.5) is 5.69 Å². The van der Waals surface area contributed by atoms with Gasteiger partial charge in [0.25, 0.3) is 0 Å². The number of nitrogens with one attached hydrogen (secondary N) is 1. The van der Waals surface area contributed by atoms with Crippen LogP contribution in [0.5, 0.6) is 0 Å². The molecular weight excluding hydrogens is 286 g/mol. The van der Waals surface area contributed by atoms with Gasteiger partial charge in [0.1, 0.15) is 0 Å². The van der Waals surface area contributed by atoms with Crippen molar-refractivity contribution in [3.63, 3.8) is 0 Å². The molecule has 1 aliphatic heterocycles. The van der Waals surface area contributed by atoms with Crippen LogP contribution >= 0.6 is 11.6 Å². The standard InChI is InChI=1S/C12H18ClN3O2S/c13-11-5-1-2-6-12(11)15-19(17,18)16-7-3-4-10(8-14)9-16/h1-2,5-6,10,15H,3-4,7-9,14H2. The van der Waals surface area contributed by atoms with Gasteiger partial charge in [-0.1, -0.05) is 23.7 Å². The van der Waals surface area contributed by atoms with E-state index in [0.717, 1.165) is 12.8 Å². The van der Waals surface area contributed by atoms with Gasteiger partial charge in [-0.3, -0.25) is 4.72 Å². The third-order valence-corrected chi connectivity index (χ3v) is 5.09. The van der Waals surface area contributed by atoms with E-state index >= 15 is 0 Å². The summed E-state index contributed by atoms with van der Waals surface area (Å²) in [7, 11) is -3.56. The Morgan fingerprint density at radius 3 is 2.84 bits per heavy atom. The molecule has 1 unspecified atom stereocenters. The van der Waals surface area contributed by atoms with E-state index < -0.39 is 10.2 Å². The fourth-order valence-electron chi connectivity index (χ4n) is 2.19. The molecule has 0 bridgehead atoms. The molecule has 0 amide bonds. The molecule has 0 aromatic heterocycles. The number of hydrogen-bond donors (Lipinski definition) is 2. The Morgan fingerprint density at radius 2 is 2.16 bits per heavy atom. The van der Waals surface area contributed by atoms with Crippen molar-refractivity contribution in [1.29, 1.82) is 0 Å². The first-order valence-corrected chi connectivity index (χ1v) is 8.07. The predicted molar refractivity (Wildman–Crippen MR) is 77.3 cm³/mol. The Kier molecular flexibility index (Phi) is 4.67. The molecule has 1 atom stereocenters. The summed E-state index contributed by atoms with van der Waals surface area (Å²) in [6.07, 6.45) is 1.82. The van der Waals surface area contributed by atoms with E-state index in [9.17, 15) is 8.42 Å². The maximum Gasteiger partial charge on any atom is 0.301 e. The van der Waals surface area contributed by atoms with Crippen LogP contribution in [0.25, 0.3) is 0 Å². The summed E-state index contributed by atoms with van der Waals surface area (Å²) in [5.74, 6) is 0.233. The van der Waals surface area contributed by atoms with Gasteiger partial charge in [-0.2, -0.15) is 12.7 Å². The molecule has 7 heteroatoms. The van der Waals surface area contributed by atoms with E-state index in [0.29, 0.717) is 30.3 Å². The van der Waals surface area contributed by atoms with Crippen molar-refractivity contribution >= 4 is 27.5 Å². The Morgan fingerprint density at radius 1 is 1.42 bits per heavy atom. The van der Waals surface area contributed by atoms with Crippen LogP contribution in [0.1, 0.15) is 12.8 Å². The number of anilines is 1. The van der Waals surface area contributed by atoms with Gasteiger partial charge < -0.3 is 5.73 Å². The van der Waals surface area contributed by atoms with Gasteiger partial charge in [-0.15, -0.1) is 0 Å². The van der Waals surface area contributed by atoms with Crippen LogP contribution in [0.15, 0.2) is 24.3 Å². The zero-order valence-electron chi connectivity index (χ0n) is 10.5. The lowest BCUT2D eigenvalue weighted by Crippen LogP contribution is -2.44. The fourth-order valence-corrected chi connectivity index (χ4v) is 3.79. The average Bonchev–Trinajstić information content (AvgIpc) is 2.41. The number of para-hydroxylation sites is 1. The second kappa shape index (κ2) is 6.09. The van der Waals surface area contributed by atoms with Gasteiger partial charge in [0.05, 0.1) is 10.7 Å². The largest absolute Gasteiger partial charge is 0.330 e. The predicted octanol–water partition coefficient (Wildman–Crippen LogP) is 1.67. The van der Waals surface area contributed by atoms with Gasteiger partial charge in [0.2, 0.25) is 0 Å². The molecule has 0 spiro atoms. The van der Waals surface area contributed by atoms with Crippen LogP contribution in [-0.2, 0) is 10.2 Å². The van der Waals surface area contributed by atoms with Crippen LogP contribution in [0.3, 0.4) is 0 Å². The molecule has 3 N–H and O–H groups in total. The molecule has 5 nitrogen and oxygen atoms in total. The first kappa shape index (κ1) is 14.6. The highest BCUT2D eigenvalue weighted by molar-refractivity contribution is 7.90. The van der Waals surface area contributed by atoms with E-state index in [-0.39, 0.29) is 5.92 Å². The maximum absolute atomic E-state index is 12.3. The van der Waals surface area contributed by atoms with Crippen molar-refractivity contribution in [2.45, 2.75) is 12.8 Å². The molecule has 106 valence electrons. The van der Waals surface area contributed by atoms with Crippen LogP contribution < -0.4 is 10.5 Å². The number of benzene rings is 1. The topological polar surface area (TPSA) is 75.4 Å². The van der Waals surface area contributed by atoms with Crippen molar-refractivity contribution in [2.24, 2.45) is 11.7 Å². The first-order chi connectivity index (χ1) is 9.03. The fraction of sp³-hybridized carbons (Fsp3) is 0.500. The van der Waals surface area contributed by atoms with Crippen LogP contribution in [0.2, 0.25) is 5.02 Å². The minimum absolute atomic E-state index is 0.233. The van der Waals surface area contributed by atoms with Crippen molar-refractivity contribution < 1.29 is 8.42 Å². The minimum atomic E-state index is -3.56.